The number of fused-ring (bicyclic) bond motifs is 2. The van der Waals surface area contributed by atoms with Crippen molar-refractivity contribution in [3.63, 3.8) is 0 Å². The Morgan fingerprint density at radius 1 is 0.875 bits per heavy atom. The van der Waals surface area contributed by atoms with Gasteiger partial charge in [-0.15, -0.1) is 0 Å². The first-order valence-electron chi connectivity index (χ1n) is 13.3. The molecule has 214 valence electrons. The summed E-state index contributed by atoms with van der Waals surface area (Å²) in [7, 11) is -1.08. The van der Waals surface area contributed by atoms with Gasteiger partial charge in [0, 0.05) is 27.5 Å². The van der Waals surface area contributed by atoms with Gasteiger partial charge in [0.15, 0.2) is 5.75 Å². The maximum Gasteiger partial charge on any atom is 0.435 e. The van der Waals surface area contributed by atoms with Crippen molar-refractivity contribution in [3.05, 3.63) is 75.7 Å². The Balaban J connectivity index is 1.68. The smallest absolute Gasteiger partial charge is 0.416 e. The van der Waals surface area contributed by atoms with Gasteiger partial charge in [-0.2, -0.15) is 0 Å². The second-order valence-electron chi connectivity index (χ2n) is 9.60. The van der Waals surface area contributed by atoms with Crippen LogP contribution < -0.4 is 9.05 Å². The minimum atomic E-state index is -3.40. The Labute approximate surface area is 259 Å². The molecule has 0 fully saturated rings. The number of hydrogen-bond donors (Lipinski definition) is 0. The number of benzene rings is 4. The second kappa shape index (κ2) is 14.2. The first-order chi connectivity index (χ1) is 19.1. The summed E-state index contributed by atoms with van der Waals surface area (Å²) >= 11 is 24.7. The molecule has 3 atom stereocenters. The van der Waals surface area contributed by atoms with Crippen LogP contribution in [0.15, 0.2) is 65.6 Å². The van der Waals surface area contributed by atoms with Crippen LogP contribution in [0.2, 0.25) is 15.1 Å². The second-order valence-corrected chi connectivity index (χ2v) is 15.2. The molecule has 0 aliphatic heterocycles. The van der Waals surface area contributed by atoms with E-state index >= 15 is 0 Å². The Bertz CT molecular complexity index is 1560. The fourth-order valence-corrected chi connectivity index (χ4v) is 8.98. The lowest BCUT2D eigenvalue weighted by atomic mass is 10.0. The third-order valence-corrected chi connectivity index (χ3v) is 10.9. The molecule has 0 amide bonds. The largest absolute Gasteiger partial charge is 0.435 e. The highest BCUT2D eigenvalue weighted by Crippen LogP contribution is 2.54. The van der Waals surface area contributed by atoms with E-state index in [1.807, 2.05) is 50.2 Å². The van der Waals surface area contributed by atoms with Crippen LogP contribution in [0.25, 0.3) is 21.5 Å². The first-order valence-corrected chi connectivity index (χ1v) is 18.3. The summed E-state index contributed by atoms with van der Waals surface area (Å²) in [6, 6.07) is 18.9. The van der Waals surface area contributed by atoms with Gasteiger partial charge in [0.05, 0.1) is 26.9 Å². The van der Waals surface area contributed by atoms with E-state index in [1.54, 1.807) is 0 Å². The maximum absolute atomic E-state index is 13.2. The van der Waals surface area contributed by atoms with Crippen molar-refractivity contribution in [3.8, 4) is 11.5 Å². The lowest BCUT2D eigenvalue weighted by molar-refractivity contribution is 0.188. The van der Waals surface area contributed by atoms with Gasteiger partial charge in [-0.1, -0.05) is 86.1 Å². The van der Waals surface area contributed by atoms with Crippen LogP contribution >= 0.6 is 41.5 Å². The van der Waals surface area contributed by atoms with Crippen LogP contribution in [0.4, 0.5) is 0 Å². The Hall–Kier alpha value is -1.37. The molecule has 0 heterocycles. The van der Waals surface area contributed by atoms with Crippen LogP contribution in [0.5, 0.6) is 11.5 Å². The lowest BCUT2D eigenvalue weighted by Crippen LogP contribution is -2.12. The Morgan fingerprint density at radius 2 is 1.62 bits per heavy atom. The monoisotopic (exact) mass is 656 g/mol. The topological polar surface area (TPSA) is 44.8 Å². The first kappa shape index (κ1) is 31.6. The lowest BCUT2D eigenvalue weighted by Gasteiger charge is -2.26. The molecule has 3 unspecified atom stereocenters. The molecule has 0 radical (unpaired) electrons. The fourth-order valence-electron chi connectivity index (χ4n) is 4.21. The summed E-state index contributed by atoms with van der Waals surface area (Å²) in [6.07, 6.45) is 4.83. The maximum atomic E-state index is 13.2. The van der Waals surface area contributed by atoms with E-state index in [1.165, 1.54) is 12.1 Å². The molecule has 4 aromatic carbocycles. The molecule has 0 bridgehead atoms. The average molecular weight is 658 g/mol. The highest BCUT2D eigenvalue weighted by Gasteiger charge is 2.29. The number of halogens is 3. The van der Waals surface area contributed by atoms with Gasteiger partial charge in [-0.05, 0) is 83.8 Å². The van der Waals surface area contributed by atoms with Crippen LogP contribution in [0, 0.1) is 0 Å². The quantitative estimate of drug-likeness (QED) is 0.0813. The van der Waals surface area contributed by atoms with E-state index in [0.717, 1.165) is 52.1 Å². The van der Waals surface area contributed by atoms with Crippen molar-refractivity contribution in [2.75, 3.05) is 5.75 Å². The van der Waals surface area contributed by atoms with Crippen LogP contribution in [-0.2, 0) is 27.1 Å². The average Bonchev–Trinajstić information content (AvgIpc) is 2.91. The molecule has 10 heteroatoms. The fraction of sp³-hybridized carbons (Fsp3) is 0.333. The van der Waals surface area contributed by atoms with E-state index in [9.17, 15) is 4.21 Å². The molecule has 0 saturated heterocycles. The molecule has 0 saturated carbocycles. The van der Waals surface area contributed by atoms with Crippen molar-refractivity contribution >= 4 is 85.7 Å². The zero-order valence-corrected chi connectivity index (χ0v) is 27.4. The number of rotatable bonds is 13. The molecule has 0 aromatic heterocycles. The Morgan fingerprint density at radius 3 is 2.33 bits per heavy atom. The predicted molar refractivity (Wildman–Crippen MR) is 175 cm³/mol. The van der Waals surface area contributed by atoms with Crippen molar-refractivity contribution in [2.45, 2.75) is 63.9 Å². The summed E-state index contributed by atoms with van der Waals surface area (Å²) in [6.45, 7) is 2.66. The highest BCUT2D eigenvalue weighted by atomic mass is 35.5. The molecule has 4 nitrogen and oxygen atoms in total. The van der Waals surface area contributed by atoms with Crippen molar-refractivity contribution in [1.82, 2.24) is 0 Å². The van der Waals surface area contributed by atoms with Crippen LogP contribution in [0.1, 0.15) is 52.9 Å². The van der Waals surface area contributed by atoms with Gasteiger partial charge in [0.25, 0.3) is 0 Å². The minimum absolute atomic E-state index is 0.164. The van der Waals surface area contributed by atoms with E-state index in [4.69, 9.17) is 60.2 Å². The van der Waals surface area contributed by atoms with Gasteiger partial charge >= 0.3 is 6.72 Å². The van der Waals surface area contributed by atoms with Gasteiger partial charge in [-0.3, -0.25) is 8.73 Å². The van der Waals surface area contributed by atoms with Crippen molar-refractivity contribution < 1.29 is 17.8 Å². The molecule has 0 spiro atoms. The minimum Gasteiger partial charge on any atom is -0.416 e. The van der Waals surface area contributed by atoms with Gasteiger partial charge in [0.2, 0.25) is 0 Å². The normalized spacial score (nSPS) is 14.7. The summed E-state index contributed by atoms with van der Waals surface area (Å²) in [5, 5.41) is 4.75. The van der Waals surface area contributed by atoms with E-state index in [2.05, 4.69) is 19.1 Å². The van der Waals surface area contributed by atoms with Gasteiger partial charge < -0.3 is 9.05 Å². The molecular formula is C30H32Cl3O4PS2. The molecule has 4 aromatic rings. The number of unbranched alkanes of at least 4 members (excludes halogenated alkanes) is 3. The molecular weight excluding hydrogens is 626 g/mol. The summed E-state index contributed by atoms with van der Waals surface area (Å²) in [5.74, 6) is 1.30. The van der Waals surface area contributed by atoms with E-state index in [0.29, 0.717) is 22.9 Å². The Kier molecular flexibility index (Phi) is 11.2. The van der Waals surface area contributed by atoms with Crippen LogP contribution in [0.3, 0.4) is 0 Å². The summed E-state index contributed by atoms with van der Waals surface area (Å²) in [4.78, 5) is 0.850. The molecule has 40 heavy (non-hydrogen) atoms. The third-order valence-electron chi connectivity index (χ3n) is 6.46. The zero-order chi connectivity index (χ0) is 28.9. The third kappa shape index (κ3) is 7.92. The van der Waals surface area contributed by atoms with Crippen molar-refractivity contribution in [1.29, 1.82) is 0 Å². The zero-order valence-electron chi connectivity index (χ0n) is 22.6. The summed E-state index contributed by atoms with van der Waals surface area (Å²) < 4.78 is 31.7. The molecule has 0 aliphatic carbocycles. The SMILES string of the molecule is CCCCCCS(=O)c1cccc2cc3ccc(OP(=S)(Oc4c(Cl)cc(Cl)cc4Cl)OC(C)CC)cc3cc12. The molecule has 4 rings (SSSR count). The predicted octanol–water partition coefficient (Wildman–Crippen LogP) is 11.1. The van der Waals surface area contributed by atoms with Gasteiger partial charge in [0.1, 0.15) is 5.75 Å². The summed E-state index contributed by atoms with van der Waals surface area (Å²) in [5.41, 5.74) is 0. The number of hydrogen-bond acceptors (Lipinski definition) is 5. The van der Waals surface area contributed by atoms with E-state index < -0.39 is 17.5 Å². The highest BCUT2D eigenvalue weighted by molar-refractivity contribution is 8.07. The molecule has 0 N–H and O–H groups in total. The van der Waals surface area contributed by atoms with Crippen LogP contribution in [-0.4, -0.2) is 16.1 Å². The van der Waals surface area contributed by atoms with E-state index in [-0.39, 0.29) is 21.9 Å². The van der Waals surface area contributed by atoms with Gasteiger partial charge in [-0.25, -0.2) is 0 Å². The molecule has 0 aliphatic rings. The van der Waals surface area contributed by atoms with Crippen molar-refractivity contribution in [2.24, 2.45) is 0 Å². The standard InChI is InChI=1S/C30H32Cl3O4PS2/c1-4-6-7-8-14-40(34)29-11-9-10-22-15-21-12-13-25(16-23(21)17-26(22)29)36-38(39,35-20(3)5-2)37-30-27(32)18-24(31)19-28(30)33/h9-13,15-20H,4-8,14H2,1-3H3.